The molecule has 3 heteroatoms. The summed E-state index contributed by atoms with van der Waals surface area (Å²) in [5.74, 6) is 1.32. The third-order valence-corrected chi connectivity index (χ3v) is 3.55. The standard InChI is InChI=1S/C12H13BrO2/c1-7-5-8-9(13)3-4-11(15-2)12(8)10(14)6-7/h3-4,7H,5-6H2,1-2H3. The van der Waals surface area contributed by atoms with Crippen molar-refractivity contribution in [2.75, 3.05) is 7.11 Å². The largest absolute Gasteiger partial charge is 0.496 e. The second-order valence-electron chi connectivity index (χ2n) is 4.04. The van der Waals surface area contributed by atoms with Gasteiger partial charge in [0.1, 0.15) is 5.75 Å². The van der Waals surface area contributed by atoms with Gasteiger partial charge >= 0.3 is 0 Å². The third-order valence-electron chi connectivity index (χ3n) is 2.80. The average Bonchev–Trinajstić information content (AvgIpc) is 2.19. The molecule has 0 bridgehead atoms. The number of carbonyl (C=O) groups is 1. The summed E-state index contributed by atoms with van der Waals surface area (Å²) >= 11 is 3.49. The van der Waals surface area contributed by atoms with Gasteiger partial charge in [0.05, 0.1) is 12.7 Å². The molecule has 0 N–H and O–H groups in total. The molecule has 1 aromatic carbocycles. The summed E-state index contributed by atoms with van der Waals surface area (Å²) in [5.41, 5.74) is 1.86. The van der Waals surface area contributed by atoms with E-state index >= 15 is 0 Å². The first kappa shape index (κ1) is 10.7. The fourth-order valence-corrected chi connectivity index (χ4v) is 2.61. The van der Waals surface area contributed by atoms with Crippen molar-refractivity contribution in [1.82, 2.24) is 0 Å². The van der Waals surface area contributed by atoms with Crippen molar-refractivity contribution in [3.63, 3.8) is 0 Å². The molecular weight excluding hydrogens is 256 g/mol. The van der Waals surface area contributed by atoms with Gasteiger partial charge in [-0.05, 0) is 30.0 Å². The second-order valence-corrected chi connectivity index (χ2v) is 4.89. The Morgan fingerprint density at radius 2 is 2.13 bits per heavy atom. The van der Waals surface area contributed by atoms with Crippen LogP contribution in [-0.4, -0.2) is 12.9 Å². The Morgan fingerprint density at radius 3 is 2.80 bits per heavy atom. The van der Waals surface area contributed by atoms with E-state index < -0.39 is 0 Å². The first-order valence-corrected chi connectivity index (χ1v) is 5.81. The summed E-state index contributed by atoms with van der Waals surface area (Å²) in [6.07, 6.45) is 1.57. The lowest BCUT2D eigenvalue weighted by Gasteiger charge is -2.23. The predicted molar refractivity (Wildman–Crippen MR) is 62.5 cm³/mol. The van der Waals surface area contributed by atoms with Crippen molar-refractivity contribution in [1.29, 1.82) is 0 Å². The molecule has 15 heavy (non-hydrogen) atoms. The van der Waals surface area contributed by atoms with Crippen LogP contribution < -0.4 is 4.74 Å². The molecule has 0 saturated heterocycles. The van der Waals surface area contributed by atoms with Gasteiger partial charge in [-0.15, -0.1) is 0 Å². The van der Waals surface area contributed by atoms with Crippen molar-refractivity contribution < 1.29 is 9.53 Å². The van der Waals surface area contributed by atoms with Gasteiger partial charge in [-0.3, -0.25) is 4.79 Å². The van der Waals surface area contributed by atoms with Crippen LogP contribution >= 0.6 is 15.9 Å². The first-order chi connectivity index (χ1) is 7.13. The van der Waals surface area contributed by atoms with E-state index in [4.69, 9.17) is 4.74 Å². The number of rotatable bonds is 1. The van der Waals surface area contributed by atoms with Gasteiger partial charge in [-0.25, -0.2) is 0 Å². The fraction of sp³-hybridized carbons (Fsp3) is 0.417. The Bertz CT molecular complexity index is 412. The number of hydrogen-bond acceptors (Lipinski definition) is 2. The lowest BCUT2D eigenvalue weighted by atomic mass is 9.83. The normalized spacial score (nSPS) is 19.9. The number of ether oxygens (including phenoxy) is 1. The Labute approximate surface area is 97.8 Å². The zero-order valence-electron chi connectivity index (χ0n) is 8.84. The maximum Gasteiger partial charge on any atom is 0.167 e. The van der Waals surface area contributed by atoms with Crippen LogP contribution in [0.1, 0.15) is 29.3 Å². The smallest absolute Gasteiger partial charge is 0.167 e. The summed E-state index contributed by atoms with van der Waals surface area (Å²) in [4.78, 5) is 11.9. The number of benzene rings is 1. The van der Waals surface area contributed by atoms with E-state index in [1.54, 1.807) is 7.11 Å². The zero-order valence-corrected chi connectivity index (χ0v) is 10.4. The van der Waals surface area contributed by atoms with Gasteiger partial charge in [-0.2, -0.15) is 0 Å². The molecule has 0 amide bonds. The summed E-state index contributed by atoms with van der Waals surface area (Å²) < 4.78 is 6.24. The van der Waals surface area contributed by atoms with Crippen LogP contribution in [0, 0.1) is 5.92 Å². The molecule has 0 saturated carbocycles. The highest BCUT2D eigenvalue weighted by Crippen LogP contribution is 2.36. The minimum Gasteiger partial charge on any atom is -0.496 e. The molecular formula is C12H13BrO2. The van der Waals surface area contributed by atoms with Gasteiger partial charge < -0.3 is 4.74 Å². The molecule has 0 aliphatic heterocycles. The van der Waals surface area contributed by atoms with Crippen LogP contribution in [0.4, 0.5) is 0 Å². The minimum atomic E-state index is 0.196. The predicted octanol–water partition coefficient (Wildman–Crippen LogP) is 3.22. The molecule has 1 unspecified atom stereocenters. The molecule has 2 rings (SSSR count). The molecule has 1 aliphatic rings. The third kappa shape index (κ3) is 1.81. The van der Waals surface area contributed by atoms with Crippen LogP contribution in [0.3, 0.4) is 0 Å². The molecule has 0 radical (unpaired) electrons. The first-order valence-electron chi connectivity index (χ1n) is 5.02. The van der Waals surface area contributed by atoms with Gasteiger partial charge in [-0.1, -0.05) is 22.9 Å². The number of methoxy groups -OCH3 is 1. The lowest BCUT2D eigenvalue weighted by molar-refractivity contribution is 0.0949. The van der Waals surface area contributed by atoms with Crippen molar-refractivity contribution >= 4 is 21.7 Å². The van der Waals surface area contributed by atoms with E-state index in [1.165, 1.54) is 0 Å². The van der Waals surface area contributed by atoms with Crippen molar-refractivity contribution in [3.8, 4) is 5.75 Å². The SMILES string of the molecule is COc1ccc(Br)c2c1C(=O)CC(C)C2. The molecule has 0 heterocycles. The Hall–Kier alpha value is -0.830. The zero-order chi connectivity index (χ0) is 11.0. The molecule has 0 aromatic heterocycles. The van der Waals surface area contributed by atoms with Gasteiger partial charge in [0.15, 0.2) is 5.78 Å². The highest BCUT2D eigenvalue weighted by atomic mass is 79.9. The Morgan fingerprint density at radius 1 is 1.40 bits per heavy atom. The Balaban J connectivity index is 2.61. The van der Waals surface area contributed by atoms with E-state index in [9.17, 15) is 4.79 Å². The molecule has 1 aliphatic carbocycles. The highest BCUT2D eigenvalue weighted by Gasteiger charge is 2.27. The van der Waals surface area contributed by atoms with E-state index in [-0.39, 0.29) is 5.78 Å². The van der Waals surface area contributed by atoms with Crippen molar-refractivity contribution in [3.05, 3.63) is 27.7 Å². The Kier molecular flexibility index (Phi) is 2.83. The van der Waals surface area contributed by atoms with Crippen molar-refractivity contribution in [2.24, 2.45) is 5.92 Å². The summed E-state index contributed by atoms with van der Waals surface area (Å²) in [7, 11) is 1.61. The number of fused-ring (bicyclic) bond motifs is 1. The lowest BCUT2D eigenvalue weighted by Crippen LogP contribution is -2.19. The molecule has 2 nitrogen and oxygen atoms in total. The highest BCUT2D eigenvalue weighted by molar-refractivity contribution is 9.10. The molecule has 1 atom stereocenters. The fourth-order valence-electron chi connectivity index (χ4n) is 2.12. The minimum absolute atomic E-state index is 0.196. The topological polar surface area (TPSA) is 26.3 Å². The van der Waals surface area contributed by atoms with Gasteiger partial charge in [0.2, 0.25) is 0 Å². The van der Waals surface area contributed by atoms with Crippen LogP contribution in [0.25, 0.3) is 0 Å². The molecule has 80 valence electrons. The average molecular weight is 269 g/mol. The van der Waals surface area contributed by atoms with Gasteiger partial charge in [0.25, 0.3) is 0 Å². The molecule has 1 aromatic rings. The van der Waals surface area contributed by atoms with Crippen molar-refractivity contribution in [2.45, 2.75) is 19.8 Å². The van der Waals surface area contributed by atoms with E-state index in [0.717, 1.165) is 22.0 Å². The van der Waals surface area contributed by atoms with Crippen LogP contribution in [-0.2, 0) is 6.42 Å². The van der Waals surface area contributed by atoms with E-state index in [0.29, 0.717) is 18.1 Å². The number of hydrogen-bond donors (Lipinski definition) is 0. The van der Waals surface area contributed by atoms with E-state index in [1.807, 2.05) is 12.1 Å². The maximum atomic E-state index is 11.9. The summed E-state index contributed by atoms with van der Waals surface area (Å²) in [6.45, 7) is 2.10. The molecule has 0 spiro atoms. The quantitative estimate of drug-likeness (QED) is 0.782. The number of carbonyl (C=O) groups excluding carboxylic acids is 1. The number of Topliss-reactive ketones (excluding diaryl/α,β-unsaturated/α-hetero) is 1. The number of ketones is 1. The maximum absolute atomic E-state index is 11.9. The number of halogens is 1. The second kappa shape index (κ2) is 3.97. The summed E-state index contributed by atoms with van der Waals surface area (Å²) in [6, 6.07) is 3.79. The molecule has 0 fully saturated rings. The van der Waals surface area contributed by atoms with Crippen LogP contribution in [0.15, 0.2) is 16.6 Å². The van der Waals surface area contributed by atoms with Crippen LogP contribution in [0.2, 0.25) is 0 Å². The monoisotopic (exact) mass is 268 g/mol. The summed E-state index contributed by atoms with van der Waals surface area (Å²) in [5, 5.41) is 0. The van der Waals surface area contributed by atoms with Gasteiger partial charge in [0, 0.05) is 10.9 Å². The van der Waals surface area contributed by atoms with Crippen LogP contribution in [0.5, 0.6) is 5.75 Å². The van der Waals surface area contributed by atoms with E-state index in [2.05, 4.69) is 22.9 Å².